The number of carbonyl (C=O) groups is 2. The molecule has 22 N–H and O–H groups in total. The Morgan fingerprint density at radius 2 is 1.25 bits per heavy atom. The fourth-order valence-electron chi connectivity index (χ4n) is 11.6. The fraction of sp³-hybridized carbons (Fsp3) is 0.746. The summed E-state index contributed by atoms with van der Waals surface area (Å²) in [7, 11) is 0. The molecule has 0 radical (unpaired) electrons. The van der Waals surface area contributed by atoms with Gasteiger partial charge in [-0.15, -0.1) is 0 Å². The van der Waals surface area contributed by atoms with Crippen LogP contribution in [0.25, 0.3) is 0 Å². The molecular formula is C63H104N4O26. The third kappa shape index (κ3) is 24.2. The number of aliphatic hydroxyl groups excluding tert-OH is 15. The van der Waals surface area contributed by atoms with Crippen LogP contribution in [-0.2, 0) is 42.7 Å². The SMILES string of the molecule is C[C@@H]1[C@H](O)[C@@H](C)/C=C/C=C/C=C/C=C/C=C/C=C/C=C/[C@H](OC2O[C@H](C)[C@@H](O)[C@H](NC[C@@]3(O)OC[C@@H](O)[C@@H](OC4O[C@H](CO)[C@H](O)[C@H](O)[C@H]4O)[C@@H]3O)[C@@H]2O)CC2O[C@](O)(C[C@@H](O)C[C@@H](O)[C@H](O)CC[C@@H](O)C[C@@H](O)CC(=O)O[C@H]1C)C[C@H](O)C2C(=O)NCCNCCN. The van der Waals surface area contributed by atoms with Crippen molar-refractivity contribution in [3.05, 3.63) is 85.1 Å². The molecule has 0 aromatic carbocycles. The Kier molecular flexibility index (Phi) is 33.3. The van der Waals surface area contributed by atoms with Crippen molar-refractivity contribution >= 4 is 11.9 Å². The number of esters is 1. The second-order valence-electron chi connectivity index (χ2n) is 24.9. The molecule has 532 valence electrons. The summed E-state index contributed by atoms with van der Waals surface area (Å²) in [6.07, 6.45) is -13.9. The lowest BCUT2D eigenvalue weighted by Crippen LogP contribution is -2.70. The van der Waals surface area contributed by atoms with E-state index in [-0.39, 0.29) is 38.3 Å². The van der Waals surface area contributed by atoms with Gasteiger partial charge >= 0.3 is 5.97 Å². The fourth-order valence-corrected chi connectivity index (χ4v) is 11.6. The zero-order valence-corrected chi connectivity index (χ0v) is 53.1. The topological polar surface area (TPSA) is 505 Å². The highest BCUT2D eigenvalue weighted by molar-refractivity contribution is 5.80. The summed E-state index contributed by atoms with van der Waals surface area (Å²) in [5, 5.41) is 197. The summed E-state index contributed by atoms with van der Waals surface area (Å²) < 4.78 is 40.7. The van der Waals surface area contributed by atoms with E-state index in [4.69, 9.17) is 38.9 Å². The number of ether oxygens (including phenoxy) is 7. The molecule has 0 saturated carbocycles. The van der Waals surface area contributed by atoms with Crippen LogP contribution in [0.1, 0.15) is 79.1 Å². The minimum absolute atomic E-state index is 0.0630. The lowest BCUT2D eigenvalue weighted by atomic mass is 9.82. The van der Waals surface area contributed by atoms with E-state index in [1.54, 1.807) is 92.8 Å². The summed E-state index contributed by atoms with van der Waals surface area (Å²) in [5.41, 5.74) is 5.61. The molecular weight excluding hydrogens is 1230 g/mol. The maximum absolute atomic E-state index is 14.1. The third-order valence-electron chi connectivity index (χ3n) is 17.3. The van der Waals surface area contributed by atoms with Crippen molar-refractivity contribution in [3.63, 3.8) is 0 Å². The lowest BCUT2D eigenvalue weighted by molar-refractivity contribution is -0.368. The second-order valence-corrected chi connectivity index (χ2v) is 24.9. The first-order valence-corrected chi connectivity index (χ1v) is 31.8. The van der Waals surface area contributed by atoms with Gasteiger partial charge in [-0.05, 0) is 33.1 Å². The van der Waals surface area contributed by atoms with Crippen LogP contribution >= 0.6 is 0 Å². The zero-order chi connectivity index (χ0) is 68.7. The van der Waals surface area contributed by atoms with Gasteiger partial charge in [0.25, 0.3) is 0 Å². The molecule has 4 saturated heterocycles. The van der Waals surface area contributed by atoms with Crippen LogP contribution < -0.4 is 21.7 Å². The number of rotatable bonds is 14. The van der Waals surface area contributed by atoms with Crippen molar-refractivity contribution in [2.24, 2.45) is 23.5 Å². The van der Waals surface area contributed by atoms with Gasteiger partial charge in [-0.25, -0.2) is 0 Å². The average molecular weight is 1330 g/mol. The van der Waals surface area contributed by atoms with Crippen molar-refractivity contribution < 1.29 is 130 Å². The molecule has 30 nitrogen and oxygen atoms in total. The van der Waals surface area contributed by atoms with E-state index in [9.17, 15) is 96.4 Å². The molecule has 2 bridgehead atoms. The van der Waals surface area contributed by atoms with Crippen LogP contribution in [-0.4, -0.2) is 297 Å². The van der Waals surface area contributed by atoms with Crippen molar-refractivity contribution in [3.8, 4) is 0 Å². The highest BCUT2D eigenvalue weighted by Crippen LogP contribution is 2.39. The van der Waals surface area contributed by atoms with Crippen LogP contribution in [0, 0.1) is 17.8 Å². The number of carbonyl (C=O) groups excluding carboxylic acids is 2. The van der Waals surface area contributed by atoms with Crippen molar-refractivity contribution in [2.75, 3.05) is 45.9 Å². The molecule has 5 aliphatic heterocycles. The first kappa shape index (κ1) is 79.8. The van der Waals surface area contributed by atoms with E-state index in [1.807, 2.05) is 6.92 Å². The van der Waals surface area contributed by atoms with Gasteiger partial charge in [0.15, 0.2) is 18.4 Å². The Morgan fingerprint density at radius 1 is 0.624 bits per heavy atom. The van der Waals surface area contributed by atoms with Crippen molar-refractivity contribution in [2.45, 2.75) is 231 Å². The first-order valence-electron chi connectivity index (χ1n) is 31.8. The van der Waals surface area contributed by atoms with E-state index >= 15 is 0 Å². The standard InChI is InChI=1S/C63H104N4O26/c1-34-17-15-13-11-9-7-5-6-8-10-12-14-16-18-41(90-60-54(80)50(52(78)37(4)89-60)67-33-63(86)58(83)57(45(75)32-87-63)92-61-56(82)55(81)53(79)47(31-68)91-61)28-46-49(59(84)66-24-23-65-22-21-64)44(74)30-62(85,93-46)29-40(71)26-43(73)42(72)20-19-38(69)25-39(70)27-48(76)88-36(3)35(2)51(34)77/h5-18,34-47,49-58,60-61,65,67-75,77-83,85-86H,19-33,64H2,1-4H3,(H,66,84)/b6-5+,9-7+,10-8+,13-11+,14-12+,17-15+,18-16+/t34-,35-,36-,37+,38+,39+,40-,41-,42+,43+,44-,45+,46?,47+,49?,50-,51+,52+,53-,54-,55-,56+,57+,58-,60?,61?,62+,63+/m0/s1. The molecule has 0 spiro atoms. The van der Waals surface area contributed by atoms with E-state index in [0.29, 0.717) is 13.1 Å². The number of cyclic esters (lactones) is 1. The molecule has 93 heavy (non-hydrogen) atoms. The smallest absolute Gasteiger partial charge is 0.308 e. The number of nitrogens with two attached hydrogens (primary N) is 1. The molecule has 1 amide bonds. The number of hydrogen-bond acceptors (Lipinski definition) is 29. The quantitative estimate of drug-likeness (QED) is 0.0570. The largest absolute Gasteiger partial charge is 0.462 e. The van der Waals surface area contributed by atoms with Crippen LogP contribution in [0.3, 0.4) is 0 Å². The molecule has 5 aliphatic rings. The average Bonchev–Trinajstić information content (AvgIpc) is 0.802. The van der Waals surface area contributed by atoms with Crippen LogP contribution in [0.2, 0.25) is 0 Å². The van der Waals surface area contributed by atoms with E-state index < -0.39 is 228 Å². The number of aliphatic hydroxyl groups is 17. The van der Waals surface area contributed by atoms with Gasteiger partial charge in [0, 0.05) is 63.7 Å². The monoisotopic (exact) mass is 1330 g/mol. The minimum Gasteiger partial charge on any atom is -0.462 e. The summed E-state index contributed by atoms with van der Waals surface area (Å²) in [6, 6.07) is -1.48. The summed E-state index contributed by atoms with van der Waals surface area (Å²) in [5.74, 6) is -8.84. The molecule has 5 heterocycles. The van der Waals surface area contributed by atoms with E-state index in [2.05, 4.69) is 16.0 Å². The molecule has 28 atom stereocenters. The van der Waals surface area contributed by atoms with Gasteiger partial charge in [-0.2, -0.15) is 0 Å². The van der Waals surface area contributed by atoms with E-state index in [1.165, 1.54) is 13.0 Å². The molecule has 30 heteroatoms. The maximum atomic E-state index is 14.1. The predicted octanol–water partition coefficient (Wildman–Crippen LogP) is -5.45. The predicted molar refractivity (Wildman–Crippen MR) is 330 cm³/mol. The Hall–Kier alpha value is -3.92. The van der Waals surface area contributed by atoms with Gasteiger partial charge in [-0.3, -0.25) is 9.59 Å². The number of amides is 1. The third-order valence-corrected chi connectivity index (χ3v) is 17.3. The van der Waals surface area contributed by atoms with Gasteiger partial charge in [-0.1, -0.05) is 98.9 Å². The number of hydrogen-bond donors (Lipinski definition) is 21. The molecule has 4 unspecified atom stereocenters. The summed E-state index contributed by atoms with van der Waals surface area (Å²) >= 11 is 0. The molecule has 5 rings (SSSR count). The van der Waals surface area contributed by atoms with E-state index in [0.717, 1.165) is 0 Å². The Morgan fingerprint density at radius 3 is 1.88 bits per heavy atom. The lowest BCUT2D eigenvalue weighted by Gasteiger charge is -2.48. The number of allylic oxidation sites excluding steroid dienone is 12. The molecule has 0 aromatic rings. The number of nitrogens with one attached hydrogen (secondary N) is 3. The number of fused-ring (bicyclic) bond motifs is 2. The minimum atomic E-state index is -2.68. The zero-order valence-electron chi connectivity index (χ0n) is 53.1. The Labute approximate surface area is 541 Å². The highest BCUT2D eigenvalue weighted by atomic mass is 16.7. The Balaban J connectivity index is 1.42. The van der Waals surface area contributed by atoms with Gasteiger partial charge < -0.3 is 142 Å². The van der Waals surface area contributed by atoms with Gasteiger partial charge in [0.1, 0.15) is 54.9 Å². The summed E-state index contributed by atoms with van der Waals surface area (Å²) in [4.78, 5) is 26.9. The van der Waals surface area contributed by atoms with Gasteiger partial charge in [0.2, 0.25) is 11.7 Å². The molecule has 0 aliphatic carbocycles. The van der Waals surface area contributed by atoms with Crippen molar-refractivity contribution in [1.29, 1.82) is 0 Å². The van der Waals surface area contributed by atoms with Crippen molar-refractivity contribution in [1.82, 2.24) is 16.0 Å². The van der Waals surface area contributed by atoms with Gasteiger partial charge in [0.05, 0.1) is 105 Å². The normalized spacial score (nSPS) is 45.4. The van der Waals surface area contributed by atoms with Crippen LogP contribution in [0.5, 0.6) is 0 Å². The maximum Gasteiger partial charge on any atom is 0.308 e. The first-order chi connectivity index (χ1) is 44.0. The Bertz CT molecular complexity index is 2440. The molecule has 0 aromatic heterocycles. The molecule has 4 fully saturated rings. The summed E-state index contributed by atoms with van der Waals surface area (Å²) in [6.45, 7) is 5.35. The van der Waals surface area contributed by atoms with Crippen LogP contribution in [0.4, 0.5) is 0 Å². The van der Waals surface area contributed by atoms with Crippen LogP contribution in [0.15, 0.2) is 85.1 Å². The second kappa shape index (κ2) is 38.9. The highest BCUT2D eigenvalue weighted by Gasteiger charge is 2.55.